The van der Waals surface area contributed by atoms with Crippen molar-refractivity contribution < 1.29 is 97.1 Å². The molecule has 15 amide bonds. The normalized spacial score (nSPS) is 15.0. The molecule has 149 heavy (non-hydrogen) atoms. The van der Waals surface area contributed by atoms with E-state index in [2.05, 4.69) is 100 Å². The summed E-state index contributed by atoms with van der Waals surface area (Å²) >= 11 is 0. The molecule has 4 aromatic carbocycles. The highest BCUT2D eigenvalue weighted by Crippen LogP contribution is 2.25. The number of para-hydroxylation sites is 2. The number of guanidine groups is 2. The quantitative estimate of drug-likeness (QED) is 0.0121. The maximum Gasteiger partial charge on any atom is 0.326 e. The summed E-state index contributed by atoms with van der Waals surface area (Å²) in [5.74, 6) is -17.7. The summed E-state index contributed by atoms with van der Waals surface area (Å²) in [5, 5.41) is 103. The highest BCUT2D eigenvalue weighted by molar-refractivity contribution is 6.02. The van der Waals surface area contributed by atoms with Crippen LogP contribution in [0, 0.1) is 34.5 Å². The number of carbonyl (C=O) groups excluding carboxylic acids is 15. The number of carbonyl (C=O) groups is 16. The fraction of sp³-hybridized carbons (Fsp3) is 0.549. The van der Waals surface area contributed by atoms with Crippen molar-refractivity contribution in [3.8, 4) is 11.5 Å². The van der Waals surface area contributed by atoms with Crippen molar-refractivity contribution in [1.82, 2.24) is 100 Å². The first kappa shape index (κ1) is 123. The summed E-state index contributed by atoms with van der Waals surface area (Å²) in [7, 11) is 0. The fourth-order valence-corrected chi connectivity index (χ4v) is 16.5. The van der Waals surface area contributed by atoms with E-state index in [1.807, 2.05) is 0 Å². The van der Waals surface area contributed by atoms with Crippen LogP contribution in [0.25, 0.3) is 21.8 Å². The lowest BCUT2D eigenvalue weighted by atomic mass is 9.95. The Hall–Kier alpha value is -14.6. The Morgan fingerprint density at radius 1 is 0.342 bits per heavy atom. The number of phenols is 2. The highest BCUT2D eigenvalue weighted by Gasteiger charge is 2.41. The number of aromatic nitrogens is 2. The van der Waals surface area contributed by atoms with Crippen LogP contribution >= 0.6 is 0 Å². The molecule has 0 aliphatic carbocycles. The largest absolute Gasteiger partial charge is 0.508 e. The molecule has 0 spiro atoms. The highest BCUT2D eigenvalue weighted by atomic mass is 16.4. The number of fused-ring (bicyclic) bond motifs is 2. The van der Waals surface area contributed by atoms with Gasteiger partial charge in [0.15, 0.2) is 11.9 Å². The van der Waals surface area contributed by atoms with E-state index in [1.165, 1.54) is 50.2 Å². The van der Waals surface area contributed by atoms with Gasteiger partial charge in [0.05, 0.1) is 12.6 Å². The number of carboxylic acids is 1. The Morgan fingerprint density at radius 2 is 0.644 bits per heavy atom. The Kier molecular flexibility index (Phi) is 52.2. The van der Waals surface area contributed by atoms with E-state index in [9.17, 15) is 78.0 Å². The summed E-state index contributed by atoms with van der Waals surface area (Å²) in [5.41, 5.74) is 38.8. The van der Waals surface area contributed by atoms with Gasteiger partial charge in [-0.05, 0) is 212 Å². The molecular formula is C102H157N27O20. The van der Waals surface area contributed by atoms with Gasteiger partial charge in [0.2, 0.25) is 88.6 Å². The zero-order chi connectivity index (χ0) is 110. The van der Waals surface area contributed by atoms with Gasteiger partial charge in [-0.1, -0.05) is 129 Å². The second-order valence-electron chi connectivity index (χ2n) is 38.5. The molecule has 0 saturated heterocycles. The molecule has 2 heterocycles. The lowest BCUT2D eigenvalue weighted by Gasteiger charge is -2.31. The van der Waals surface area contributed by atoms with Gasteiger partial charge in [-0.15, -0.1) is 0 Å². The van der Waals surface area contributed by atoms with Gasteiger partial charge < -0.3 is 155 Å². The molecule has 2 aromatic heterocycles. The number of aliphatic hydroxyl groups is 1. The number of H-pyrrole nitrogens is 2. The summed E-state index contributed by atoms with van der Waals surface area (Å²) < 4.78 is 0. The molecule has 820 valence electrons. The monoisotopic (exact) mass is 2080 g/mol. The summed E-state index contributed by atoms with van der Waals surface area (Å²) in [4.78, 5) is 239. The zero-order valence-corrected chi connectivity index (χ0v) is 86.6. The van der Waals surface area contributed by atoms with E-state index in [0.717, 1.165) is 0 Å². The molecule has 6 rings (SSSR count). The number of unbranched alkanes of at least 4 members (excludes halogenated alkanes) is 3. The second-order valence-corrected chi connectivity index (χ2v) is 38.5. The third-order valence-electron chi connectivity index (χ3n) is 25.7. The Bertz CT molecular complexity index is 5430. The van der Waals surface area contributed by atoms with Crippen LogP contribution in [-0.4, -0.2) is 273 Å². The van der Waals surface area contributed by atoms with Gasteiger partial charge >= 0.3 is 5.97 Å². The number of aromatic amines is 2. The van der Waals surface area contributed by atoms with Crippen LogP contribution in [0.4, 0.5) is 0 Å². The zero-order valence-electron chi connectivity index (χ0n) is 86.6. The van der Waals surface area contributed by atoms with Gasteiger partial charge in [-0.3, -0.25) is 82.7 Å². The van der Waals surface area contributed by atoms with E-state index >= 15 is 19.2 Å². The molecule has 0 aliphatic rings. The molecule has 0 fully saturated rings. The van der Waals surface area contributed by atoms with Crippen molar-refractivity contribution in [3.05, 3.63) is 132 Å². The van der Waals surface area contributed by atoms with Crippen LogP contribution in [0.3, 0.4) is 0 Å². The number of aliphatic hydroxyl groups excluding tert-OH is 1. The molecule has 37 N–H and O–H groups in total. The van der Waals surface area contributed by atoms with Crippen LogP contribution in [0.1, 0.15) is 194 Å². The average Bonchev–Trinajstić information content (AvgIpc) is 1.69. The maximum atomic E-state index is 15.3. The molecular weight excluding hydrogens is 1920 g/mol. The molecule has 0 aliphatic heterocycles. The van der Waals surface area contributed by atoms with Crippen LogP contribution in [-0.2, 0) is 102 Å². The minimum absolute atomic E-state index is 0.00307. The molecule has 47 heteroatoms. The molecule has 0 saturated carbocycles. The van der Waals surface area contributed by atoms with Crippen LogP contribution in [0.15, 0.2) is 109 Å². The number of amides is 15. The second kappa shape index (κ2) is 63.2. The van der Waals surface area contributed by atoms with E-state index in [-0.39, 0.29) is 146 Å². The fourth-order valence-electron chi connectivity index (χ4n) is 16.5. The van der Waals surface area contributed by atoms with E-state index in [4.69, 9.17) is 45.2 Å². The van der Waals surface area contributed by atoms with Crippen molar-refractivity contribution in [2.45, 2.75) is 294 Å². The van der Waals surface area contributed by atoms with Crippen LogP contribution in [0.5, 0.6) is 11.5 Å². The van der Waals surface area contributed by atoms with Gasteiger partial charge in [0, 0.05) is 66.6 Å². The minimum atomic E-state index is -1.88. The first-order valence-corrected chi connectivity index (χ1v) is 50.9. The van der Waals surface area contributed by atoms with Gasteiger partial charge in [0.1, 0.15) is 102 Å². The predicted molar refractivity (Wildman–Crippen MR) is 561 cm³/mol. The van der Waals surface area contributed by atoms with Crippen molar-refractivity contribution in [1.29, 1.82) is 10.8 Å². The standard InChI is InChI=1S/C102H157N27O20/c1-11-57(7)83(129-92(140)74(31-19-22-44-105)120-93(141)77(49-62-36-40-66(132)41-37-62)124-97(145)82(56(5)6)127-99(147)84(58(8)12-2)128-87(135)69(106)48-61-34-38-65(131)39-35-61)98(146)121-76(33-24-46-112-102(109)110)91(139)126-81(54-130)96(144)116-59(9)85(133)122-78(50-63-52-113-70-27-15-13-25-67(63)70)94(142)119-73(30-18-21-43-104)89(137)117-75(32-23-45-111-101(107)108)90(138)123-79(51-64-53-114-71-28-16-14-26-68(64)71)95(143)118-72(29-17-20-42-103)88(136)115-60(10)86(134)125-80(100(148)149)47-55(3)4/h13-16,25-28,34-41,52-53,55-60,69,72-84,113-114,130-132H,11-12,17-24,29-33,42-51,54,103-106H2,1-10H3,(H,115,136)(H,116,144)(H,117,137)(H,118,143)(H,119,142)(H,120,141)(H,121,146)(H,122,133)(H,123,138)(H,124,145)(H,125,134)(H,126,139)(H,127,147)(H,128,135)(H,129,140)(H,148,149)(H4,107,108,111)(H4,109,110,112)/t57-,58-,59-,60-,69-,72-,73-,74-,75-,76-,77-,78-,79-,80-,81-,82-,83-,84-/m0/s1. The molecule has 18 atom stereocenters. The smallest absolute Gasteiger partial charge is 0.326 e. The first-order chi connectivity index (χ1) is 70.8. The lowest BCUT2D eigenvalue weighted by molar-refractivity contribution is -0.142. The third kappa shape index (κ3) is 41.2. The molecule has 0 radical (unpaired) electrons. The summed E-state index contributed by atoms with van der Waals surface area (Å²) in [6.07, 6.45) is 4.55. The van der Waals surface area contributed by atoms with Crippen LogP contribution < -0.4 is 125 Å². The summed E-state index contributed by atoms with van der Waals surface area (Å²) in [6, 6.07) is 2.70. The third-order valence-corrected chi connectivity index (χ3v) is 25.7. The number of hydrogen-bond acceptors (Lipinski definition) is 25. The summed E-state index contributed by atoms with van der Waals surface area (Å²) in [6.45, 7) is 15.7. The van der Waals surface area contributed by atoms with Gasteiger partial charge in [0.25, 0.3) is 0 Å². The molecule has 6 aromatic rings. The molecule has 0 unspecified atom stereocenters. The van der Waals surface area contributed by atoms with Crippen molar-refractivity contribution in [2.75, 3.05) is 39.3 Å². The number of nitrogens with one attached hydrogen (secondary N) is 21. The molecule has 0 bridgehead atoms. The van der Waals surface area contributed by atoms with Gasteiger partial charge in [-0.2, -0.15) is 0 Å². The number of aliphatic carboxylic acids is 1. The number of benzene rings is 4. The van der Waals surface area contributed by atoms with E-state index < -0.39 is 228 Å². The van der Waals surface area contributed by atoms with Crippen LogP contribution in [0.2, 0.25) is 0 Å². The Morgan fingerprint density at radius 3 is 1.02 bits per heavy atom. The first-order valence-electron chi connectivity index (χ1n) is 50.9. The minimum Gasteiger partial charge on any atom is -0.508 e. The number of hydrogen-bond donors (Lipinski definition) is 31. The van der Waals surface area contributed by atoms with E-state index in [0.29, 0.717) is 76.2 Å². The average molecular weight is 2080 g/mol. The van der Waals surface area contributed by atoms with E-state index in [1.54, 1.807) is 128 Å². The Labute approximate surface area is 867 Å². The SMILES string of the molecule is CC[C@H](C)[C@H](NC(=O)[C@H](CCCCN)NC(=O)[C@H](Cc1ccc(O)cc1)NC(=O)[C@@H](NC(=O)[C@@H](NC(=O)[C@@H](N)Cc1ccc(O)cc1)[C@@H](C)CC)C(C)C)C(=O)N[C@@H](CCCNC(=N)N)C(=O)N[C@@H](CO)C(=O)N[C@@H](C)C(=O)N[C@@H](Cc1c[nH]c2ccccc12)C(=O)N[C@@H](CCCCN)C(=O)N[C@@H](CCCNC(=N)N)C(=O)N[C@@H](Cc1c[nH]c2ccccc12)C(=O)N[C@@H](CCCCN)C(=O)N[C@@H](C)C(=O)N[C@@H](CC(C)C)C(=O)O. The van der Waals surface area contributed by atoms with Crippen molar-refractivity contribution in [2.24, 2.45) is 58.1 Å². The Balaban J connectivity index is 1.24. The van der Waals surface area contributed by atoms with Gasteiger partial charge in [-0.25, -0.2) is 4.79 Å². The lowest BCUT2D eigenvalue weighted by Crippen LogP contribution is -2.62. The number of phenolic OH excluding ortho intramolecular Hbond substituents is 2. The predicted octanol–water partition coefficient (Wildman–Crippen LogP) is -1.25. The number of aromatic hydroxyl groups is 2. The molecule has 47 nitrogen and oxygen atoms in total. The van der Waals surface area contributed by atoms with Crippen molar-refractivity contribution in [3.63, 3.8) is 0 Å². The topological polar surface area (TPSA) is 794 Å². The van der Waals surface area contributed by atoms with Crippen molar-refractivity contribution >= 4 is 128 Å². The number of carboxylic acid groups (broad SMARTS) is 1. The number of nitrogens with two attached hydrogens (primary N) is 6. The maximum absolute atomic E-state index is 15.3. The number of rotatable bonds is 67.